The molecule has 3 heteroatoms. The van der Waals surface area contributed by atoms with E-state index in [1.807, 2.05) is 26.0 Å². The topological polar surface area (TPSA) is 29.3 Å². The highest BCUT2D eigenvalue weighted by Crippen LogP contribution is 2.11. The number of hydrogen-bond acceptors (Lipinski definition) is 2. The first-order valence-corrected chi connectivity index (χ1v) is 8.46. The molecule has 0 unspecified atom stereocenters. The van der Waals surface area contributed by atoms with Gasteiger partial charge in [0.15, 0.2) is 0 Å². The molecular formula is C17H41ClN2. The molecule has 0 amide bonds. The van der Waals surface area contributed by atoms with Crippen molar-refractivity contribution in [3.63, 3.8) is 0 Å². The zero-order valence-corrected chi connectivity index (χ0v) is 15.4. The minimum Gasteiger partial charge on any atom is -0.330 e. The smallest absolute Gasteiger partial charge is 0.00773 e. The summed E-state index contributed by atoms with van der Waals surface area (Å²) < 4.78 is 0. The second-order valence-corrected chi connectivity index (χ2v) is 6.02. The van der Waals surface area contributed by atoms with Gasteiger partial charge in [0.05, 0.1) is 0 Å². The number of unbranched alkanes of at least 4 members (excludes halogenated alkanes) is 11. The van der Waals surface area contributed by atoms with E-state index in [0.29, 0.717) is 0 Å². The normalized spacial score (nSPS) is 9.90. The van der Waals surface area contributed by atoms with Crippen molar-refractivity contribution in [2.75, 3.05) is 27.7 Å². The van der Waals surface area contributed by atoms with Crippen molar-refractivity contribution in [3.05, 3.63) is 0 Å². The fourth-order valence-corrected chi connectivity index (χ4v) is 1.99. The van der Waals surface area contributed by atoms with Gasteiger partial charge in [0, 0.05) is 0 Å². The molecule has 0 rings (SSSR count). The monoisotopic (exact) mass is 308 g/mol. The molecule has 0 saturated heterocycles. The van der Waals surface area contributed by atoms with E-state index in [0.717, 1.165) is 6.54 Å². The van der Waals surface area contributed by atoms with Crippen LogP contribution in [-0.4, -0.2) is 32.6 Å². The molecule has 0 aromatic rings. The Balaban J connectivity index is -0.000000508. The Labute approximate surface area is 135 Å². The minimum absolute atomic E-state index is 0. The fourth-order valence-electron chi connectivity index (χ4n) is 1.99. The third-order valence-electron chi connectivity index (χ3n) is 3.06. The van der Waals surface area contributed by atoms with Crippen molar-refractivity contribution >= 4 is 12.4 Å². The van der Waals surface area contributed by atoms with Crippen molar-refractivity contribution in [2.24, 2.45) is 5.73 Å². The van der Waals surface area contributed by atoms with E-state index in [1.54, 1.807) is 0 Å². The molecule has 0 aliphatic heterocycles. The van der Waals surface area contributed by atoms with E-state index < -0.39 is 0 Å². The van der Waals surface area contributed by atoms with Gasteiger partial charge >= 0.3 is 0 Å². The van der Waals surface area contributed by atoms with Crippen LogP contribution in [0.1, 0.15) is 84.0 Å². The summed E-state index contributed by atoms with van der Waals surface area (Å²) in [6.07, 6.45) is 16.9. The van der Waals surface area contributed by atoms with E-state index >= 15 is 0 Å². The Morgan fingerprint density at radius 3 is 1.10 bits per heavy atom. The average molecular weight is 309 g/mol. The predicted octanol–water partition coefficient (Wildman–Crippen LogP) is 5.25. The Morgan fingerprint density at radius 1 is 0.600 bits per heavy atom. The van der Waals surface area contributed by atoms with E-state index in [-0.39, 0.29) is 12.4 Å². The van der Waals surface area contributed by atoms with Gasteiger partial charge in [0.1, 0.15) is 0 Å². The summed E-state index contributed by atoms with van der Waals surface area (Å²) in [5.41, 5.74) is 5.45. The maximum Gasteiger partial charge on any atom is -0.00773 e. The highest BCUT2D eigenvalue weighted by molar-refractivity contribution is 5.85. The van der Waals surface area contributed by atoms with Crippen LogP contribution in [0.2, 0.25) is 0 Å². The molecule has 0 bridgehead atoms. The lowest BCUT2D eigenvalue weighted by Gasteiger charge is -2.01. The molecule has 0 aliphatic rings. The average Bonchev–Trinajstić information content (AvgIpc) is 2.35. The molecule has 0 aliphatic carbocycles. The Morgan fingerprint density at radius 2 is 0.850 bits per heavy atom. The van der Waals surface area contributed by atoms with Crippen LogP contribution in [0, 0.1) is 0 Å². The van der Waals surface area contributed by atoms with Crippen LogP contribution < -0.4 is 5.73 Å². The Hall–Kier alpha value is 0.210. The summed E-state index contributed by atoms with van der Waals surface area (Å²) in [5.74, 6) is 0. The number of nitrogens with zero attached hydrogens (tertiary/aromatic N) is 1. The fraction of sp³-hybridized carbons (Fsp3) is 1.00. The molecule has 0 fully saturated rings. The second kappa shape index (κ2) is 24.2. The van der Waals surface area contributed by atoms with Gasteiger partial charge in [-0.25, -0.2) is 0 Å². The zero-order chi connectivity index (χ0) is 14.8. The van der Waals surface area contributed by atoms with Crippen molar-refractivity contribution < 1.29 is 0 Å². The second-order valence-electron chi connectivity index (χ2n) is 6.02. The molecule has 0 aromatic carbocycles. The van der Waals surface area contributed by atoms with Crippen molar-refractivity contribution in [2.45, 2.75) is 84.0 Å². The lowest BCUT2D eigenvalue weighted by molar-refractivity contribution is 0.505. The van der Waals surface area contributed by atoms with Crippen molar-refractivity contribution in [1.29, 1.82) is 0 Å². The SMILES string of the molecule is CCCCCCCCCCCCCCN.CN(C)C.Cl. The van der Waals surface area contributed by atoms with Crippen LogP contribution in [0.5, 0.6) is 0 Å². The highest BCUT2D eigenvalue weighted by Gasteiger charge is 1.92. The predicted molar refractivity (Wildman–Crippen MR) is 97.0 cm³/mol. The zero-order valence-electron chi connectivity index (χ0n) is 14.6. The van der Waals surface area contributed by atoms with E-state index in [2.05, 4.69) is 6.92 Å². The van der Waals surface area contributed by atoms with Crippen molar-refractivity contribution in [1.82, 2.24) is 4.90 Å². The maximum absolute atomic E-state index is 5.45. The van der Waals surface area contributed by atoms with Crippen LogP contribution in [0.15, 0.2) is 0 Å². The summed E-state index contributed by atoms with van der Waals surface area (Å²) >= 11 is 0. The summed E-state index contributed by atoms with van der Waals surface area (Å²) in [5, 5.41) is 0. The van der Waals surface area contributed by atoms with Crippen LogP contribution >= 0.6 is 12.4 Å². The van der Waals surface area contributed by atoms with Gasteiger partial charge in [0.25, 0.3) is 0 Å². The van der Waals surface area contributed by atoms with Crippen LogP contribution in [-0.2, 0) is 0 Å². The summed E-state index contributed by atoms with van der Waals surface area (Å²) in [4.78, 5) is 2.00. The van der Waals surface area contributed by atoms with Crippen LogP contribution in [0.3, 0.4) is 0 Å². The van der Waals surface area contributed by atoms with E-state index in [4.69, 9.17) is 5.73 Å². The van der Waals surface area contributed by atoms with Gasteiger partial charge in [-0.15, -0.1) is 12.4 Å². The first-order valence-electron chi connectivity index (χ1n) is 8.46. The molecule has 2 nitrogen and oxygen atoms in total. The van der Waals surface area contributed by atoms with E-state index in [1.165, 1.54) is 77.0 Å². The molecule has 20 heavy (non-hydrogen) atoms. The molecule has 0 aromatic heterocycles. The summed E-state index contributed by atoms with van der Waals surface area (Å²) in [6.45, 7) is 3.15. The third kappa shape index (κ3) is 36.2. The summed E-state index contributed by atoms with van der Waals surface area (Å²) in [6, 6.07) is 0. The van der Waals surface area contributed by atoms with Gasteiger partial charge in [0.2, 0.25) is 0 Å². The molecule has 2 N–H and O–H groups in total. The molecule has 126 valence electrons. The quantitative estimate of drug-likeness (QED) is 0.499. The van der Waals surface area contributed by atoms with E-state index in [9.17, 15) is 0 Å². The minimum atomic E-state index is 0. The first-order chi connectivity index (χ1) is 9.15. The van der Waals surface area contributed by atoms with Gasteiger partial charge < -0.3 is 10.6 Å². The first kappa shape index (κ1) is 25.2. The molecule has 0 spiro atoms. The van der Waals surface area contributed by atoms with Crippen LogP contribution in [0.4, 0.5) is 0 Å². The molecule has 0 radical (unpaired) electrons. The highest BCUT2D eigenvalue weighted by atomic mass is 35.5. The molecule has 0 heterocycles. The molecular weight excluding hydrogens is 268 g/mol. The van der Waals surface area contributed by atoms with Crippen LogP contribution in [0.25, 0.3) is 0 Å². The largest absolute Gasteiger partial charge is 0.330 e. The van der Waals surface area contributed by atoms with Crippen molar-refractivity contribution in [3.8, 4) is 0 Å². The maximum atomic E-state index is 5.45. The summed E-state index contributed by atoms with van der Waals surface area (Å²) in [7, 11) is 6.00. The number of nitrogens with two attached hydrogens (primary N) is 1. The number of halogens is 1. The lowest BCUT2D eigenvalue weighted by atomic mass is 10.1. The number of rotatable bonds is 12. The standard InChI is InChI=1S/C14H31N.C3H9N.ClH/c1-2-3-4-5-6-7-8-9-10-11-12-13-14-15;1-4(2)3;/h2-15H2,1H3;1-3H3;1H. The van der Waals surface area contributed by atoms with Gasteiger partial charge in [-0.3, -0.25) is 0 Å². The lowest BCUT2D eigenvalue weighted by Crippen LogP contribution is -1.99. The molecule has 0 atom stereocenters. The Bertz CT molecular complexity index is 126. The Kier molecular flexibility index (Phi) is 30.5. The number of hydrogen-bond donors (Lipinski definition) is 1. The van der Waals surface area contributed by atoms with Gasteiger partial charge in [-0.1, -0.05) is 77.6 Å². The van der Waals surface area contributed by atoms with Gasteiger partial charge in [-0.2, -0.15) is 0 Å². The van der Waals surface area contributed by atoms with Gasteiger partial charge in [-0.05, 0) is 34.1 Å². The third-order valence-corrected chi connectivity index (χ3v) is 3.06. The molecule has 0 saturated carbocycles.